The third-order valence-corrected chi connectivity index (χ3v) is 5.84. The highest BCUT2D eigenvalue weighted by atomic mass is 28.2. The molecule has 0 spiro atoms. The van der Waals surface area contributed by atoms with Crippen molar-refractivity contribution in [3.63, 3.8) is 0 Å². The highest BCUT2D eigenvalue weighted by Crippen LogP contribution is 2.36. The molecule has 3 aromatic rings. The van der Waals surface area contributed by atoms with Crippen molar-refractivity contribution in [2.45, 2.75) is 20.0 Å². The van der Waals surface area contributed by atoms with Gasteiger partial charge in [0.1, 0.15) is 6.10 Å². The standard InChI is InChI=1S/C21H18N2O5Si/c1-14-8-7-13-20(15(14)2)29-28-21(16-9-3-5-11-18(16)22(24)25)17-10-4-6-12-19(17)23(26)27/h3-13,21H,1-2H3. The molecule has 7 nitrogen and oxygen atoms in total. The molecule has 0 aliphatic heterocycles. The van der Waals surface area contributed by atoms with Gasteiger partial charge in [-0.1, -0.05) is 42.5 Å². The summed E-state index contributed by atoms with van der Waals surface area (Å²) in [5.74, 6) is 0. The summed E-state index contributed by atoms with van der Waals surface area (Å²) in [6, 6.07) is 18.2. The second kappa shape index (κ2) is 8.76. The first-order chi connectivity index (χ1) is 13.9. The summed E-state index contributed by atoms with van der Waals surface area (Å²) < 4.78 is 6.14. The highest BCUT2D eigenvalue weighted by Gasteiger charge is 2.29. The fourth-order valence-corrected chi connectivity index (χ4v) is 4.04. The maximum Gasteiger partial charge on any atom is 0.275 e. The predicted molar refractivity (Wildman–Crippen MR) is 110 cm³/mol. The molecule has 0 aliphatic rings. The van der Waals surface area contributed by atoms with Crippen molar-refractivity contribution in [2.24, 2.45) is 0 Å². The Morgan fingerprint density at radius 1 is 0.793 bits per heavy atom. The van der Waals surface area contributed by atoms with Crippen molar-refractivity contribution in [3.05, 3.63) is 109 Å². The maximum atomic E-state index is 11.6. The van der Waals surface area contributed by atoms with E-state index in [2.05, 4.69) is 0 Å². The van der Waals surface area contributed by atoms with Crippen molar-refractivity contribution in [1.29, 1.82) is 0 Å². The van der Waals surface area contributed by atoms with Crippen molar-refractivity contribution < 1.29 is 14.3 Å². The fraction of sp³-hybridized carbons (Fsp3) is 0.143. The van der Waals surface area contributed by atoms with E-state index >= 15 is 0 Å². The van der Waals surface area contributed by atoms with E-state index in [1.54, 1.807) is 36.4 Å². The first-order valence-corrected chi connectivity index (χ1v) is 9.75. The smallest absolute Gasteiger partial charge is 0.275 e. The number of aryl methyl sites for hydroxylation is 1. The lowest BCUT2D eigenvalue weighted by molar-refractivity contribution is -0.387. The van der Waals surface area contributed by atoms with Crippen LogP contribution < -0.4 is 5.19 Å². The summed E-state index contributed by atoms with van der Waals surface area (Å²) in [4.78, 5) is 22.1. The van der Waals surface area contributed by atoms with E-state index < -0.39 is 16.0 Å². The number of nitro groups is 2. The molecular formula is C21H18N2O5Si. The van der Waals surface area contributed by atoms with Crippen LogP contribution in [0.4, 0.5) is 11.4 Å². The third-order valence-electron chi connectivity index (χ3n) is 4.72. The van der Waals surface area contributed by atoms with Gasteiger partial charge in [-0.2, -0.15) is 0 Å². The predicted octanol–water partition coefficient (Wildman–Crippen LogP) is 4.17. The molecule has 0 aliphatic carbocycles. The van der Waals surface area contributed by atoms with Gasteiger partial charge < -0.3 is 4.43 Å². The largest absolute Gasteiger partial charge is 0.400 e. The molecule has 0 unspecified atom stereocenters. The van der Waals surface area contributed by atoms with Gasteiger partial charge in [-0.3, -0.25) is 20.2 Å². The number of para-hydroxylation sites is 2. The van der Waals surface area contributed by atoms with E-state index in [4.69, 9.17) is 4.43 Å². The van der Waals surface area contributed by atoms with Crippen LogP contribution in [0, 0.1) is 34.1 Å². The molecule has 29 heavy (non-hydrogen) atoms. The summed E-state index contributed by atoms with van der Waals surface area (Å²) in [6.45, 7) is 3.97. The molecule has 0 amide bonds. The van der Waals surface area contributed by atoms with Crippen LogP contribution in [-0.2, 0) is 4.43 Å². The summed E-state index contributed by atoms with van der Waals surface area (Å²) in [5.41, 5.74) is 2.46. The molecule has 2 radical (unpaired) electrons. The average Bonchev–Trinajstić information content (AvgIpc) is 2.71. The van der Waals surface area contributed by atoms with Gasteiger partial charge >= 0.3 is 0 Å². The number of rotatable bonds is 7. The zero-order chi connectivity index (χ0) is 21.0. The van der Waals surface area contributed by atoms with Crippen LogP contribution in [0.25, 0.3) is 0 Å². The normalized spacial score (nSPS) is 10.9. The van der Waals surface area contributed by atoms with Crippen LogP contribution in [0.2, 0.25) is 0 Å². The van der Waals surface area contributed by atoms with E-state index in [0.717, 1.165) is 16.3 Å². The Hall–Kier alpha value is -3.36. The topological polar surface area (TPSA) is 95.5 Å². The molecule has 0 bridgehead atoms. The minimum absolute atomic E-state index is 0.134. The van der Waals surface area contributed by atoms with Gasteiger partial charge in [0.2, 0.25) is 0 Å². The molecule has 8 heteroatoms. The minimum atomic E-state index is -0.948. The lowest BCUT2D eigenvalue weighted by Crippen LogP contribution is -2.24. The van der Waals surface area contributed by atoms with E-state index in [1.807, 2.05) is 32.0 Å². The van der Waals surface area contributed by atoms with E-state index in [-0.39, 0.29) is 32.3 Å². The second-order valence-corrected chi connectivity index (χ2v) is 7.46. The van der Waals surface area contributed by atoms with Crippen molar-refractivity contribution >= 4 is 26.3 Å². The highest BCUT2D eigenvalue weighted by molar-refractivity contribution is 6.47. The quantitative estimate of drug-likeness (QED) is 0.333. The van der Waals surface area contributed by atoms with Crippen molar-refractivity contribution in [3.8, 4) is 0 Å². The van der Waals surface area contributed by atoms with Crippen molar-refractivity contribution in [2.75, 3.05) is 0 Å². The third kappa shape index (κ3) is 4.39. The molecule has 146 valence electrons. The van der Waals surface area contributed by atoms with Crippen LogP contribution in [-0.4, -0.2) is 19.6 Å². The van der Waals surface area contributed by atoms with Crippen LogP contribution >= 0.6 is 0 Å². The molecule has 0 atom stereocenters. The van der Waals surface area contributed by atoms with Gasteiger partial charge in [-0.15, -0.1) is 0 Å². The summed E-state index contributed by atoms with van der Waals surface area (Å²) in [5, 5.41) is 24.1. The molecule has 0 saturated carbocycles. The Bertz CT molecular complexity index is 1010. The Morgan fingerprint density at radius 2 is 1.31 bits per heavy atom. The molecule has 0 heterocycles. The minimum Gasteiger partial charge on any atom is -0.400 e. The molecule has 0 saturated heterocycles. The first-order valence-electron chi connectivity index (χ1n) is 8.84. The summed E-state index contributed by atoms with van der Waals surface area (Å²) in [6.07, 6.45) is -0.948. The van der Waals surface area contributed by atoms with E-state index in [0.29, 0.717) is 0 Å². The van der Waals surface area contributed by atoms with Crippen LogP contribution in [0.15, 0.2) is 66.7 Å². The SMILES string of the molecule is Cc1cccc([Si]OC(c2ccccc2[N+](=O)[O-])c2ccccc2[N+](=O)[O-])c1C. The molecule has 3 rings (SSSR count). The first kappa shape index (κ1) is 20.4. The van der Waals surface area contributed by atoms with E-state index in [1.165, 1.54) is 12.1 Å². The lowest BCUT2D eigenvalue weighted by Gasteiger charge is -2.19. The molecule has 0 aromatic heterocycles. The fourth-order valence-electron chi connectivity index (χ4n) is 3.03. The number of hydrogen-bond acceptors (Lipinski definition) is 5. The summed E-state index contributed by atoms with van der Waals surface area (Å²) in [7, 11) is -0.134. The molecule has 0 N–H and O–H groups in total. The summed E-state index contributed by atoms with van der Waals surface area (Å²) >= 11 is 0. The Balaban J connectivity index is 2.09. The maximum absolute atomic E-state index is 11.6. The number of benzene rings is 3. The molecule has 0 fully saturated rings. The van der Waals surface area contributed by atoms with Gasteiger partial charge in [0, 0.05) is 12.1 Å². The van der Waals surface area contributed by atoms with E-state index in [9.17, 15) is 20.2 Å². The van der Waals surface area contributed by atoms with Gasteiger partial charge in [-0.05, 0) is 42.3 Å². The number of hydrogen-bond donors (Lipinski definition) is 0. The average molecular weight is 406 g/mol. The molecular weight excluding hydrogens is 388 g/mol. The van der Waals surface area contributed by atoms with Gasteiger partial charge in [0.05, 0.1) is 21.0 Å². The van der Waals surface area contributed by atoms with Crippen LogP contribution in [0.5, 0.6) is 0 Å². The Kier molecular flexibility index (Phi) is 6.15. The lowest BCUT2D eigenvalue weighted by atomic mass is 9.98. The monoisotopic (exact) mass is 406 g/mol. The zero-order valence-corrected chi connectivity index (χ0v) is 16.9. The number of nitrogens with zero attached hydrogens (tertiary/aromatic N) is 2. The van der Waals surface area contributed by atoms with Gasteiger partial charge in [0.15, 0.2) is 0 Å². The van der Waals surface area contributed by atoms with Crippen molar-refractivity contribution in [1.82, 2.24) is 0 Å². The zero-order valence-electron chi connectivity index (χ0n) is 15.9. The van der Waals surface area contributed by atoms with Crippen LogP contribution in [0.3, 0.4) is 0 Å². The Labute approximate surface area is 170 Å². The van der Waals surface area contributed by atoms with Gasteiger partial charge in [0.25, 0.3) is 21.1 Å². The second-order valence-electron chi connectivity index (χ2n) is 6.48. The Morgan fingerprint density at radius 3 is 1.83 bits per heavy atom. The molecule has 3 aromatic carbocycles. The number of nitro benzene ring substituents is 2. The van der Waals surface area contributed by atoms with Crippen LogP contribution in [0.1, 0.15) is 28.4 Å². The van der Waals surface area contributed by atoms with Gasteiger partial charge in [-0.25, -0.2) is 0 Å².